The molecule has 1 aliphatic heterocycles. The quantitative estimate of drug-likeness (QED) is 0.724. The van der Waals surface area contributed by atoms with Gasteiger partial charge in [0.15, 0.2) is 0 Å². The minimum absolute atomic E-state index is 0.0548. The van der Waals surface area contributed by atoms with Gasteiger partial charge in [0.2, 0.25) is 10.0 Å². The zero-order chi connectivity index (χ0) is 22.8. The maximum Gasteiger partial charge on any atom is 0.257 e. The Morgan fingerprint density at radius 3 is 2.45 bits per heavy atom. The first-order chi connectivity index (χ1) is 14.6. The summed E-state index contributed by atoms with van der Waals surface area (Å²) in [6, 6.07) is 10.0. The summed E-state index contributed by atoms with van der Waals surface area (Å²) in [6.45, 7) is 9.28. The summed E-state index contributed by atoms with van der Waals surface area (Å²) in [4.78, 5) is 15.0. The molecule has 1 amide bonds. The predicted molar refractivity (Wildman–Crippen MR) is 122 cm³/mol. The van der Waals surface area contributed by atoms with Crippen molar-refractivity contribution in [3.05, 3.63) is 58.7 Å². The van der Waals surface area contributed by atoms with Gasteiger partial charge in [0.25, 0.3) is 5.91 Å². The number of hydrogen-bond donors (Lipinski definition) is 1. The van der Waals surface area contributed by atoms with Gasteiger partial charge in [0.05, 0.1) is 17.6 Å². The normalized spacial score (nSPS) is 16.2. The lowest BCUT2D eigenvalue weighted by molar-refractivity contribution is 0.0693. The van der Waals surface area contributed by atoms with Crippen molar-refractivity contribution in [1.29, 1.82) is 0 Å². The molecule has 0 unspecified atom stereocenters. The number of carbonyl (C=O) groups is 1. The maximum atomic E-state index is 13.1. The number of piperidine rings is 1. The number of amides is 1. The molecule has 1 N–H and O–H groups in total. The highest BCUT2D eigenvalue weighted by atomic mass is 32.2. The molecule has 0 saturated carbocycles. The van der Waals surface area contributed by atoms with Crippen LogP contribution in [0.5, 0.6) is 5.75 Å². The van der Waals surface area contributed by atoms with Crippen LogP contribution in [0.25, 0.3) is 0 Å². The standard InChI is InChI=1S/C24H32N2O4S/c1-16-10-12-26(13-11-16)24(27)22-15-20(8-9-23(22)30-5)31(28,29)25-19(4)21-14-17(2)6-7-18(21)3/h6-9,14-16,19,25H,10-13H2,1-5H3/t19-/m1/s1. The Bertz CT molecular complexity index is 1060. The highest BCUT2D eigenvalue weighted by molar-refractivity contribution is 7.89. The number of rotatable bonds is 6. The molecule has 168 valence electrons. The van der Waals surface area contributed by atoms with Crippen LogP contribution < -0.4 is 9.46 Å². The van der Waals surface area contributed by atoms with Gasteiger partial charge in [-0.05, 0) is 68.9 Å². The van der Waals surface area contributed by atoms with Crippen LogP contribution in [0.1, 0.15) is 59.8 Å². The van der Waals surface area contributed by atoms with Crippen LogP contribution in [0.2, 0.25) is 0 Å². The van der Waals surface area contributed by atoms with E-state index in [4.69, 9.17) is 4.74 Å². The van der Waals surface area contributed by atoms with Crippen LogP contribution in [0, 0.1) is 19.8 Å². The van der Waals surface area contributed by atoms with E-state index in [2.05, 4.69) is 11.6 Å². The molecule has 1 heterocycles. The Kier molecular flexibility index (Phi) is 7.06. The van der Waals surface area contributed by atoms with Crippen molar-refractivity contribution < 1.29 is 17.9 Å². The van der Waals surface area contributed by atoms with E-state index in [0.29, 0.717) is 24.8 Å². The first-order valence-corrected chi connectivity index (χ1v) is 12.2. The Hall–Kier alpha value is -2.38. The molecule has 6 nitrogen and oxygen atoms in total. The lowest BCUT2D eigenvalue weighted by Crippen LogP contribution is -2.38. The van der Waals surface area contributed by atoms with E-state index in [-0.39, 0.29) is 16.4 Å². The van der Waals surface area contributed by atoms with Gasteiger partial charge in [0, 0.05) is 19.1 Å². The van der Waals surface area contributed by atoms with Crippen molar-refractivity contribution in [2.45, 2.75) is 51.5 Å². The van der Waals surface area contributed by atoms with Gasteiger partial charge < -0.3 is 9.64 Å². The summed E-state index contributed by atoms with van der Waals surface area (Å²) in [5.41, 5.74) is 3.29. The number of likely N-dealkylation sites (tertiary alicyclic amines) is 1. The summed E-state index contributed by atoms with van der Waals surface area (Å²) in [6.07, 6.45) is 1.89. The van der Waals surface area contributed by atoms with E-state index >= 15 is 0 Å². The summed E-state index contributed by atoms with van der Waals surface area (Å²) in [5.74, 6) is 0.780. The van der Waals surface area contributed by atoms with E-state index in [1.807, 2.05) is 39.0 Å². The third kappa shape index (κ3) is 5.28. The van der Waals surface area contributed by atoms with Crippen LogP contribution in [-0.2, 0) is 10.0 Å². The number of aryl methyl sites for hydroxylation is 2. The largest absolute Gasteiger partial charge is 0.496 e. The first kappa shape index (κ1) is 23.3. The van der Waals surface area contributed by atoms with Crippen molar-refractivity contribution in [2.24, 2.45) is 5.92 Å². The van der Waals surface area contributed by atoms with E-state index in [0.717, 1.165) is 29.5 Å². The van der Waals surface area contributed by atoms with Gasteiger partial charge in [-0.3, -0.25) is 4.79 Å². The van der Waals surface area contributed by atoms with Gasteiger partial charge in [-0.1, -0.05) is 30.7 Å². The molecule has 0 spiro atoms. The second kappa shape index (κ2) is 9.40. The monoisotopic (exact) mass is 444 g/mol. The fourth-order valence-corrected chi connectivity index (χ4v) is 5.24. The fraction of sp³-hybridized carbons (Fsp3) is 0.458. The molecule has 0 bridgehead atoms. The molecule has 7 heteroatoms. The molecule has 0 aliphatic carbocycles. The van der Waals surface area contributed by atoms with Gasteiger partial charge in [-0.25, -0.2) is 13.1 Å². The first-order valence-electron chi connectivity index (χ1n) is 10.7. The van der Waals surface area contributed by atoms with Crippen molar-refractivity contribution in [3.8, 4) is 5.75 Å². The van der Waals surface area contributed by atoms with Gasteiger partial charge >= 0.3 is 0 Å². The number of nitrogens with zero attached hydrogens (tertiary/aromatic N) is 1. The topological polar surface area (TPSA) is 75.7 Å². The van der Waals surface area contributed by atoms with Gasteiger partial charge in [-0.15, -0.1) is 0 Å². The molecule has 1 atom stereocenters. The fourth-order valence-electron chi connectivity index (χ4n) is 3.99. The van der Waals surface area contributed by atoms with Crippen molar-refractivity contribution in [2.75, 3.05) is 20.2 Å². The summed E-state index contributed by atoms with van der Waals surface area (Å²) in [5, 5.41) is 0. The molecule has 2 aromatic carbocycles. The minimum atomic E-state index is -3.83. The molecular formula is C24H32N2O4S. The maximum absolute atomic E-state index is 13.1. The van der Waals surface area contributed by atoms with Crippen molar-refractivity contribution in [1.82, 2.24) is 9.62 Å². The number of methoxy groups -OCH3 is 1. The minimum Gasteiger partial charge on any atom is -0.496 e. The lowest BCUT2D eigenvalue weighted by Gasteiger charge is -2.30. The predicted octanol–water partition coefficient (Wildman–Crippen LogP) is 4.22. The number of carbonyl (C=O) groups excluding carboxylic acids is 1. The molecule has 3 rings (SSSR count). The Balaban J connectivity index is 1.88. The van der Waals surface area contributed by atoms with E-state index in [1.165, 1.54) is 19.2 Å². The summed E-state index contributed by atoms with van der Waals surface area (Å²) >= 11 is 0. The molecule has 31 heavy (non-hydrogen) atoms. The number of ether oxygens (including phenoxy) is 1. The number of benzene rings is 2. The number of hydrogen-bond acceptors (Lipinski definition) is 4. The van der Waals surface area contributed by atoms with Gasteiger partial charge in [0.1, 0.15) is 5.75 Å². The van der Waals surface area contributed by atoms with Crippen LogP contribution in [0.4, 0.5) is 0 Å². The second-order valence-electron chi connectivity index (χ2n) is 8.54. The van der Waals surface area contributed by atoms with Crippen LogP contribution in [0.3, 0.4) is 0 Å². The Morgan fingerprint density at radius 1 is 1.13 bits per heavy atom. The third-order valence-corrected chi connectivity index (χ3v) is 7.55. The average molecular weight is 445 g/mol. The van der Waals surface area contributed by atoms with E-state index in [9.17, 15) is 13.2 Å². The SMILES string of the molecule is COc1ccc(S(=O)(=O)N[C@H](C)c2cc(C)ccc2C)cc1C(=O)N1CCC(C)CC1. The zero-order valence-corrected chi connectivity index (χ0v) is 19.8. The summed E-state index contributed by atoms with van der Waals surface area (Å²) in [7, 11) is -2.35. The number of sulfonamides is 1. The van der Waals surface area contributed by atoms with Gasteiger partial charge in [-0.2, -0.15) is 0 Å². The number of nitrogens with one attached hydrogen (secondary N) is 1. The Labute approximate surface area is 185 Å². The molecular weight excluding hydrogens is 412 g/mol. The van der Waals surface area contributed by atoms with E-state index < -0.39 is 16.1 Å². The van der Waals surface area contributed by atoms with E-state index in [1.54, 1.807) is 11.0 Å². The average Bonchev–Trinajstić information content (AvgIpc) is 2.74. The van der Waals surface area contributed by atoms with Crippen molar-refractivity contribution in [3.63, 3.8) is 0 Å². The molecule has 1 saturated heterocycles. The van der Waals surface area contributed by atoms with Crippen LogP contribution in [-0.4, -0.2) is 39.4 Å². The second-order valence-corrected chi connectivity index (χ2v) is 10.3. The molecule has 0 aromatic heterocycles. The molecule has 1 aliphatic rings. The van der Waals surface area contributed by atoms with Crippen molar-refractivity contribution >= 4 is 15.9 Å². The smallest absolute Gasteiger partial charge is 0.257 e. The highest BCUT2D eigenvalue weighted by Gasteiger charge is 2.27. The molecule has 0 radical (unpaired) electrons. The third-order valence-electron chi connectivity index (χ3n) is 6.02. The Morgan fingerprint density at radius 2 is 1.81 bits per heavy atom. The molecule has 1 fully saturated rings. The lowest BCUT2D eigenvalue weighted by atomic mass is 9.98. The van der Waals surface area contributed by atoms with Crippen LogP contribution in [0.15, 0.2) is 41.3 Å². The van der Waals surface area contributed by atoms with Crippen LogP contribution >= 0.6 is 0 Å². The summed E-state index contributed by atoms with van der Waals surface area (Å²) < 4.78 is 34.4. The highest BCUT2D eigenvalue weighted by Crippen LogP contribution is 2.27. The zero-order valence-electron chi connectivity index (χ0n) is 18.9. The molecule has 2 aromatic rings.